The minimum atomic E-state index is -0.401. The van der Waals surface area contributed by atoms with Gasteiger partial charge in [0.05, 0.1) is 17.6 Å². The third-order valence-corrected chi connectivity index (χ3v) is 5.71. The Morgan fingerprint density at radius 1 is 1.14 bits per heavy atom. The number of ether oxygens (including phenoxy) is 1. The Labute approximate surface area is 166 Å². The summed E-state index contributed by atoms with van der Waals surface area (Å²) >= 11 is 1.63. The molecule has 1 atom stereocenters. The summed E-state index contributed by atoms with van der Waals surface area (Å²) in [7, 11) is 0. The third kappa shape index (κ3) is 4.23. The van der Waals surface area contributed by atoms with E-state index in [4.69, 9.17) is 4.74 Å². The maximum absolute atomic E-state index is 10.9. The molecule has 3 aromatic rings. The van der Waals surface area contributed by atoms with Gasteiger partial charge in [0.1, 0.15) is 0 Å². The SMILES string of the molecule is O=[N+]([O-])c1ccc(-c2nnc(SCc3ccccc3)n2C[C@H]2CCCO2)cc1. The van der Waals surface area contributed by atoms with Crippen LogP contribution in [0.1, 0.15) is 18.4 Å². The Morgan fingerprint density at radius 2 is 1.93 bits per heavy atom. The third-order valence-electron chi connectivity index (χ3n) is 4.67. The highest BCUT2D eigenvalue weighted by Crippen LogP contribution is 2.29. The normalized spacial score (nSPS) is 16.4. The predicted octanol–water partition coefficient (Wildman–Crippen LogP) is 4.32. The number of hydrogen-bond donors (Lipinski definition) is 0. The van der Waals surface area contributed by atoms with Gasteiger partial charge in [-0.15, -0.1) is 10.2 Å². The van der Waals surface area contributed by atoms with E-state index in [1.807, 2.05) is 18.2 Å². The summed E-state index contributed by atoms with van der Waals surface area (Å²) in [6, 6.07) is 16.7. The Hall–Kier alpha value is -2.71. The van der Waals surface area contributed by atoms with Gasteiger partial charge in [0.25, 0.3) is 5.69 Å². The van der Waals surface area contributed by atoms with E-state index in [9.17, 15) is 10.1 Å². The Kier molecular flexibility index (Phi) is 5.68. The van der Waals surface area contributed by atoms with Crippen molar-refractivity contribution in [1.29, 1.82) is 0 Å². The van der Waals surface area contributed by atoms with Crippen LogP contribution < -0.4 is 0 Å². The number of thioether (sulfide) groups is 1. The second-order valence-electron chi connectivity index (χ2n) is 6.63. The van der Waals surface area contributed by atoms with E-state index in [0.29, 0.717) is 12.4 Å². The second kappa shape index (κ2) is 8.53. The van der Waals surface area contributed by atoms with Gasteiger partial charge in [0.2, 0.25) is 0 Å². The van der Waals surface area contributed by atoms with Crippen LogP contribution in [0.5, 0.6) is 0 Å². The molecule has 2 heterocycles. The molecule has 0 amide bonds. The molecule has 0 saturated carbocycles. The average Bonchev–Trinajstić information content (AvgIpc) is 3.38. The molecule has 0 bridgehead atoms. The topological polar surface area (TPSA) is 83.1 Å². The van der Waals surface area contributed by atoms with E-state index in [-0.39, 0.29) is 11.8 Å². The van der Waals surface area contributed by atoms with E-state index in [2.05, 4.69) is 26.9 Å². The number of nitrogens with zero attached hydrogens (tertiary/aromatic N) is 4. The van der Waals surface area contributed by atoms with Crippen LogP contribution in [0.15, 0.2) is 59.8 Å². The fourth-order valence-corrected chi connectivity index (χ4v) is 4.12. The first kappa shape index (κ1) is 18.6. The number of hydrogen-bond acceptors (Lipinski definition) is 6. The quantitative estimate of drug-likeness (QED) is 0.336. The first-order valence-electron chi connectivity index (χ1n) is 9.17. The molecule has 1 aliphatic rings. The second-order valence-corrected chi connectivity index (χ2v) is 7.57. The van der Waals surface area contributed by atoms with Crippen molar-refractivity contribution in [3.05, 3.63) is 70.3 Å². The molecule has 0 aliphatic carbocycles. The van der Waals surface area contributed by atoms with Crippen molar-refractivity contribution in [3.8, 4) is 11.4 Å². The summed E-state index contributed by atoms with van der Waals surface area (Å²) in [5, 5.41) is 20.5. The van der Waals surface area contributed by atoms with Crippen molar-refractivity contribution in [2.24, 2.45) is 0 Å². The monoisotopic (exact) mass is 396 g/mol. The Morgan fingerprint density at radius 3 is 2.61 bits per heavy atom. The number of rotatable bonds is 7. The van der Waals surface area contributed by atoms with Crippen molar-refractivity contribution in [3.63, 3.8) is 0 Å². The van der Waals surface area contributed by atoms with Crippen LogP contribution in [0.3, 0.4) is 0 Å². The van der Waals surface area contributed by atoms with Crippen molar-refractivity contribution >= 4 is 17.4 Å². The number of nitro groups is 1. The summed E-state index contributed by atoms with van der Waals surface area (Å²) in [6.07, 6.45) is 2.22. The van der Waals surface area contributed by atoms with E-state index < -0.39 is 4.92 Å². The van der Waals surface area contributed by atoms with Crippen LogP contribution >= 0.6 is 11.8 Å². The fourth-order valence-electron chi connectivity index (χ4n) is 3.22. The first-order valence-corrected chi connectivity index (χ1v) is 10.2. The minimum absolute atomic E-state index is 0.0626. The predicted molar refractivity (Wildman–Crippen MR) is 107 cm³/mol. The Bertz CT molecular complexity index is 938. The molecule has 4 rings (SSSR count). The van der Waals surface area contributed by atoms with Gasteiger partial charge in [-0.25, -0.2) is 0 Å². The average molecular weight is 396 g/mol. The molecule has 1 fully saturated rings. The van der Waals surface area contributed by atoms with Gasteiger partial charge in [0, 0.05) is 30.1 Å². The van der Waals surface area contributed by atoms with Crippen molar-refractivity contribution in [2.45, 2.75) is 36.4 Å². The summed E-state index contributed by atoms with van der Waals surface area (Å²) in [5.41, 5.74) is 2.09. The standard InChI is InChI=1S/C20H20N4O3S/c25-24(26)17-10-8-16(9-11-17)19-21-22-20(23(19)13-18-7-4-12-27-18)28-14-15-5-2-1-3-6-15/h1-3,5-6,8-11,18H,4,7,12-14H2/t18-/m1/s1. The largest absolute Gasteiger partial charge is 0.376 e. The van der Waals surface area contributed by atoms with Gasteiger partial charge in [-0.1, -0.05) is 42.1 Å². The number of benzene rings is 2. The lowest BCUT2D eigenvalue weighted by atomic mass is 10.2. The van der Waals surface area contributed by atoms with Crippen molar-refractivity contribution < 1.29 is 9.66 Å². The molecule has 0 spiro atoms. The first-order chi connectivity index (χ1) is 13.7. The molecule has 0 radical (unpaired) electrons. The van der Waals surface area contributed by atoms with Crippen LogP contribution in [-0.2, 0) is 17.0 Å². The highest BCUT2D eigenvalue weighted by Gasteiger charge is 2.22. The van der Waals surface area contributed by atoms with Crippen LogP contribution in [0.25, 0.3) is 11.4 Å². The van der Waals surface area contributed by atoms with Gasteiger partial charge in [-0.3, -0.25) is 14.7 Å². The van der Waals surface area contributed by atoms with E-state index in [0.717, 1.165) is 35.9 Å². The fraction of sp³-hybridized carbons (Fsp3) is 0.300. The molecule has 2 aromatic carbocycles. The summed E-state index contributed by atoms with van der Waals surface area (Å²) < 4.78 is 7.88. The highest BCUT2D eigenvalue weighted by atomic mass is 32.2. The number of nitro benzene ring substituents is 1. The van der Waals surface area contributed by atoms with E-state index in [1.54, 1.807) is 23.9 Å². The maximum atomic E-state index is 10.9. The van der Waals surface area contributed by atoms with Crippen molar-refractivity contribution in [2.75, 3.05) is 6.61 Å². The van der Waals surface area contributed by atoms with Crippen LogP contribution in [0, 0.1) is 10.1 Å². The molecule has 28 heavy (non-hydrogen) atoms. The lowest BCUT2D eigenvalue weighted by Crippen LogP contribution is -2.16. The van der Waals surface area contributed by atoms with Gasteiger partial charge in [-0.2, -0.15) is 0 Å². The van der Waals surface area contributed by atoms with Gasteiger partial charge in [-0.05, 0) is 30.5 Å². The molecule has 7 nitrogen and oxygen atoms in total. The Balaban J connectivity index is 1.61. The zero-order chi connectivity index (χ0) is 19.3. The van der Waals surface area contributed by atoms with E-state index >= 15 is 0 Å². The molecule has 1 saturated heterocycles. The maximum Gasteiger partial charge on any atom is 0.269 e. The lowest BCUT2D eigenvalue weighted by molar-refractivity contribution is -0.384. The molecular formula is C20H20N4O3S. The van der Waals surface area contributed by atoms with Crippen LogP contribution in [0.2, 0.25) is 0 Å². The molecule has 8 heteroatoms. The van der Waals surface area contributed by atoms with Crippen molar-refractivity contribution in [1.82, 2.24) is 14.8 Å². The summed E-state index contributed by atoms with van der Waals surface area (Å²) in [4.78, 5) is 10.5. The lowest BCUT2D eigenvalue weighted by Gasteiger charge is -2.14. The minimum Gasteiger partial charge on any atom is -0.376 e. The smallest absolute Gasteiger partial charge is 0.269 e. The number of aromatic nitrogens is 3. The molecule has 144 valence electrons. The van der Waals surface area contributed by atoms with Crippen LogP contribution in [0.4, 0.5) is 5.69 Å². The van der Waals surface area contributed by atoms with Gasteiger partial charge in [0.15, 0.2) is 11.0 Å². The summed E-state index contributed by atoms with van der Waals surface area (Å²) in [5.74, 6) is 1.51. The van der Waals surface area contributed by atoms with Gasteiger partial charge >= 0.3 is 0 Å². The molecule has 0 unspecified atom stereocenters. The highest BCUT2D eigenvalue weighted by molar-refractivity contribution is 7.98. The van der Waals surface area contributed by atoms with Crippen LogP contribution in [-0.4, -0.2) is 32.4 Å². The molecule has 0 N–H and O–H groups in total. The van der Waals surface area contributed by atoms with E-state index in [1.165, 1.54) is 17.7 Å². The molecule has 1 aliphatic heterocycles. The van der Waals surface area contributed by atoms with Gasteiger partial charge < -0.3 is 4.74 Å². The summed E-state index contributed by atoms with van der Waals surface area (Å²) in [6.45, 7) is 1.46. The zero-order valence-corrected chi connectivity index (χ0v) is 16.0. The molecular weight excluding hydrogens is 376 g/mol. The molecule has 1 aromatic heterocycles. The zero-order valence-electron chi connectivity index (χ0n) is 15.2. The number of non-ortho nitro benzene ring substituents is 1.